The van der Waals surface area contributed by atoms with E-state index < -0.39 is 0 Å². The van der Waals surface area contributed by atoms with Gasteiger partial charge in [-0.3, -0.25) is 9.59 Å². The predicted octanol–water partition coefficient (Wildman–Crippen LogP) is 2.78. The van der Waals surface area contributed by atoms with Crippen molar-refractivity contribution in [1.82, 2.24) is 5.32 Å². The van der Waals surface area contributed by atoms with Crippen molar-refractivity contribution < 1.29 is 14.3 Å². The normalized spacial score (nSPS) is 26.1. The average molecular weight is 321 g/mol. The van der Waals surface area contributed by atoms with E-state index in [9.17, 15) is 9.59 Å². The summed E-state index contributed by atoms with van der Waals surface area (Å²) < 4.78 is 5.11. The molecule has 0 unspecified atom stereocenters. The number of ether oxygens (including phenoxy) is 1. The summed E-state index contributed by atoms with van der Waals surface area (Å²) in [6.45, 7) is 0.438. The molecule has 1 amide bonds. The minimum atomic E-state index is -0.217. The predicted molar refractivity (Wildman–Crippen MR) is 85.5 cm³/mol. The average Bonchev–Trinajstić information content (AvgIpc) is 3.22. The molecule has 1 aromatic heterocycles. The molecule has 22 heavy (non-hydrogen) atoms. The van der Waals surface area contributed by atoms with Crippen LogP contribution in [-0.4, -0.2) is 25.0 Å². The zero-order valence-corrected chi connectivity index (χ0v) is 13.6. The Morgan fingerprint density at radius 1 is 1.32 bits per heavy atom. The van der Waals surface area contributed by atoms with Crippen molar-refractivity contribution in [2.24, 2.45) is 17.8 Å². The maximum atomic E-state index is 11.8. The molecule has 2 aliphatic carbocycles. The van der Waals surface area contributed by atoms with E-state index >= 15 is 0 Å². The third kappa shape index (κ3) is 4.09. The van der Waals surface area contributed by atoms with E-state index in [0.717, 1.165) is 18.3 Å². The van der Waals surface area contributed by atoms with Crippen LogP contribution in [0.4, 0.5) is 0 Å². The Hall–Kier alpha value is -1.36. The van der Waals surface area contributed by atoms with Crippen molar-refractivity contribution in [3.8, 4) is 0 Å². The number of fused-ring (bicyclic) bond motifs is 2. The molecule has 120 valence electrons. The van der Waals surface area contributed by atoms with Crippen molar-refractivity contribution in [3.05, 3.63) is 22.4 Å². The smallest absolute Gasteiger partial charge is 0.306 e. The minimum Gasteiger partial charge on any atom is -0.456 e. The molecule has 3 rings (SSSR count). The SMILES string of the molecule is O=C(COC(=O)C[C@@H]1C[C@H]2CC[C@@H]1C2)NCCc1cccs1. The van der Waals surface area contributed by atoms with Gasteiger partial charge in [0, 0.05) is 17.8 Å². The maximum absolute atomic E-state index is 11.8. The first kappa shape index (κ1) is 15.5. The number of thiophene rings is 1. The molecular formula is C17H23NO3S. The number of amides is 1. The van der Waals surface area contributed by atoms with Crippen molar-refractivity contribution in [2.45, 2.75) is 38.5 Å². The molecule has 3 atom stereocenters. The monoisotopic (exact) mass is 321 g/mol. The number of carbonyl (C=O) groups excluding carboxylic acids is 2. The van der Waals surface area contributed by atoms with Crippen LogP contribution in [0.3, 0.4) is 0 Å². The summed E-state index contributed by atoms with van der Waals surface area (Å²) in [5.74, 6) is 1.62. The van der Waals surface area contributed by atoms with Crippen LogP contribution in [-0.2, 0) is 20.7 Å². The van der Waals surface area contributed by atoms with Crippen molar-refractivity contribution in [2.75, 3.05) is 13.2 Å². The van der Waals surface area contributed by atoms with Gasteiger partial charge in [-0.25, -0.2) is 0 Å². The molecule has 1 N–H and O–H groups in total. The minimum absolute atomic E-state index is 0.149. The summed E-state index contributed by atoms with van der Waals surface area (Å²) in [5, 5.41) is 4.81. The Kier molecular flexibility index (Phi) is 5.13. The molecule has 2 bridgehead atoms. The molecule has 1 heterocycles. The second-order valence-electron chi connectivity index (χ2n) is 6.48. The second kappa shape index (κ2) is 7.27. The van der Waals surface area contributed by atoms with Crippen LogP contribution in [0.25, 0.3) is 0 Å². The van der Waals surface area contributed by atoms with Gasteiger partial charge in [0.15, 0.2) is 6.61 Å². The lowest BCUT2D eigenvalue weighted by Gasteiger charge is -2.20. The van der Waals surface area contributed by atoms with E-state index in [1.807, 2.05) is 17.5 Å². The lowest BCUT2D eigenvalue weighted by molar-refractivity contribution is -0.149. The number of nitrogens with one attached hydrogen (secondary N) is 1. The fraction of sp³-hybridized carbons (Fsp3) is 0.647. The van der Waals surface area contributed by atoms with Crippen LogP contribution in [0.5, 0.6) is 0 Å². The van der Waals surface area contributed by atoms with Gasteiger partial charge in [0.05, 0.1) is 0 Å². The van der Waals surface area contributed by atoms with E-state index in [1.165, 1.54) is 30.6 Å². The fourth-order valence-corrected chi connectivity index (χ4v) is 4.59. The van der Waals surface area contributed by atoms with Gasteiger partial charge in [-0.2, -0.15) is 0 Å². The van der Waals surface area contributed by atoms with E-state index in [0.29, 0.717) is 18.9 Å². The quantitative estimate of drug-likeness (QED) is 0.786. The third-order valence-corrected chi connectivity index (χ3v) is 5.89. The topological polar surface area (TPSA) is 55.4 Å². The Morgan fingerprint density at radius 3 is 2.91 bits per heavy atom. The zero-order valence-electron chi connectivity index (χ0n) is 12.8. The van der Waals surface area contributed by atoms with Gasteiger partial charge >= 0.3 is 5.97 Å². The first-order valence-electron chi connectivity index (χ1n) is 8.15. The summed E-state index contributed by atoms with van der Waals surface area (Å²) in [5.41, 5.74) is 0. The Bertz CT molecular complexity index is 514. The number of esters is 1. The van der Waals surface area contributed by atoms with Crippen LogP contribution in [0, 0.1) is 17.8 Å². The van der Waals surface area contributed by atoms with E-state index in [-0.39, 0.29) is 18.5 Å². The largest absolute Gasteiger partial charge is 0.456 e. The number of rotatable bonds is 7. The molecule has 0 saturated heterocycles. The lowest BCUT2D eigenvalue weighted by atomic mass is 9.86. The number of carbonyl (C=O) groups is 2. The summed E-state index contributed by atoms with van der Waals surface area (Å²) in [6, 6.07) is 4.05. The highest BCUT2D eigenvalue weighted by Gasteiger charge is 2.40. The van der Waals surface area contributed by atoms with Crippen LogP contribution in [0.15, 0.2) is 17.5 Å². The Balaban J connectivity index is 1.28. The molecule has 1 aromatic rings. The third-order valence-electron chi connectivity index (χ3n) is 4.95. The molecule has 2 fully saturated rings. The zero-order chi connectivity index (χ0) is 15.4. The molecule has 2 aliphatic rings. The molecule has 0 aromatic carbocycles. The van der Waals surface area contributed by atoms with Crippen molar-refractivity contribution in [3.63, 3.8) is 0 Å². The molecule has 0 aliphatic heterocycles. The highest BCUT2D eigenvalue weighted by molar-refractivity contribution is 7.09. The molecule has 0 radical (unpaired) electrons. The van der Waals surface area contributed by atoms with Gasteiger partial charge in [0.25, 0.3) is 5.91 Å². The van der Waals surface area contributed by atoms with Gasteiger partial charge in [0.1, 0.15) is 0 Å². The van der Waals surface area contributed by atoms with Crippen molar-refractivity contribution in [1.29, 1.82) is 0 Å². The molecule has 0 spiro atoms. The van der Waals surface area contributed by atoms with Gasteiger partial charge < -0.3 is 10.1 Å². The highest BCUT2D eigenvalue weighted by atomic mass is 32.1. The number of hydrogen-bond donors (Lipinski definition) is 1. The van der Waals surface area contributed by atoms with Gasteiger partial charge in [-0.05, 0) is 54.9 Å². The van der Waals surface area contributed by atoms with Crippen LogP contribution in [0.2, 0.25) is 0 Å². The van der Waals surface area contributed by atoms with Gasteiger partial charge in [-0.15, -0.1) is 11.3 Å². The summed E-state index contributed by atoms with van der Waals surface area (Å²) >= 11 is 1.68. The first-order chi connectivity index (χ1) is 10.7. The maximum Gasteiger partial charge on any atom is 0.306 e. The van der Waals surface area contributed by atoms with E-state index in [1.54, 1.807) is 11.3 Å². The molecule has 4 nitrogen and oxygen atoms in total. The molecule has 5 heteroatoms. The second-order valence-corrected chi connectivity index (χ2v) is 7.51. The Morgan fingerprint density at radius 2 is 2.23 bits per heavy atom. The fourth-order valence-electron chi connectivity index (χ4n) is 3.88. The van der Waals surface area contributed by atoms with Gasteiger partial charge in [-0.1, -0.05) is 12.5 Å². The van der Waals surface area contributed by atoms with E-state index in [4.69, 9.17) is 4.74 Å². The first-order valence-corrected chi connectivity index (χ1v) is 9.03. The number of hydrogen-bond acceptors (Lipinski definition) is 4. The van der Waals surface area contributed by atoms with Crippen LogP contribution >= 0.6 is 11.3 Å². The Labute approximate surface area is 135 Å². The van der Waals surface area contributed by atoms with E-state index in [2.05, 4.69) is 5.32 Å². The molecular weight excluding hydrogens is 298 g/mol. The summed E-state index contributed by atoms with van der Waals surface area (Å²) in [7, 11) is 0. The van der Waals surface area contributed by atoms with Gasteiger partial charge in [0.2, 0.25) is 0 Å². The molecule has 2 saturated carbocycles. The van der Waals surface area contributed by atoms with Crippen molar-refractivity contribution >= 4 is 23.2 Å². The summed E-state index contributed by atoms with van der Waals surface area (Å²) in [4.78, 5) is 24.7. The summed E-state index contributed by atoms with van der Waals surface area (Å²) in [6.07, 6.45) is 6.38. The highest BCUT2D eigenvalue weighted by Crippen LogP contribution is 2.49. The standard InChI is InChI=1S/C17H23NO3S/c19-16(18-6-5-15-2-1-7-22-15)11-21-17(20)10-14-9-12-3-4-13(14)8-12/h1-2,7,12-14H,3-6,8-11H2,(H,18,19)/t12-,13+,14-/m0/s1. The lowest BCUT2D eigenvalue weighted by Crippen LogP contribution is -2.30. The van der Waals surface area contributed by atoms with Crippen LogP contribution < -0.4 is 5.32 Å². The van der Waals surface area contributed by atoms with Crippen LogP contribution in [0.1, 0.15) is 37.0 Å².